The van der Waals surface area contributed by atoms with Crippen molar-refractivity contribution in [3.63, 3.8) is 0 Å². The summed E-state index contributed by atoms with van der Waals surface area (Å²) in [5, 5.41) is 0.745. The van der Waals surface area contributed by atoms with Gasteiger partial charge in [0.05, 0.1) is 20.0 Å². The molecule has 4 aromatic rings. The Labute approximate surface area is 170 Å². The molecule has 1 amide bonds. The molecule has 0 radical (unpaired) electrons. The molecule has 9 nitrogen and oxygen atoms in total. The lowest BCUT2D eigenvalue weighted by molar-refractivity contribution is -0.131. The number of likely N-dealkylation sites (N-methyl/N-ethyl adjacent to an activating group) is 1. The number of methoxy groups -OCH3 is 1. The first-order valence-electron chi connectivity index (χ1n) is 9.17. The first kappa shape index (κ1) is 19.4. The van der Waals surface area contributed by atoms with Gasteiger partial charge in [0.2, 0.25) is 11.5 Å². The summed E-state index contributed by atoms with van der Waals surface area (Å²) >= 11 is 0. The van der Waals surface area contributed by atoms with E-state index >= 15 is 0 Å². The zero-order valence-corrected chi connectivity index (χ0v) is 16.7. The van der Waals surface area contributed by atoms with E-state index in [2.05, 4.69) is 4.98 Å². The molecule has 0 saturated carbocycles. The smallest absolute Gasteiger partial charge is 0.341 e. The minimum Gasteiger partial charge on any atom is -0.465 e. The number of furan rings is 2. The van der Waals surface area contributed by atoms with Crippen LogP contribution in [0.3, 0.4) is 0 Å². The Balaban J connectivity index is 1.54. The van der Waals surface area contributed by atoms with Gasteiger partial charge in [0.15, 0.2) is 0 Å². The quantitative estimate of drug-likeness (QED) is 0.466. The second kappa shape index (κ2) is 7.51. The summed E-state index contributed by atoms with van der Waals surface area (Å²) in [6, 6.07) is 8.77. The number of esters is 1. The number of hydrogen-bond acceptors (Lipinski definition) is 7. The predicted octanol–water partition coefficient (Wildman–Crippen LogP) is 2.49. The van der Waals surface area contributed by atoms with Gasteiger partial charge in [-0.15, -0.1) is 0 Å². The number of hydrogen-bond donors (Lipinski definition) is 0. The molecule has 0 unspecified atom stereocenters. The summed E-state index contributed by atoms with van der Waals surface area (Å²) in [4.78, 5) is 42.8. The summed E-state index contributed by atoms with van der Waals surface area (Å²) < 4.78 is 17.1. The number of benzene rings is 1. The molecule has 154 valence electrons. The maximum absolute atomic E-state index is 12.8. The highest BCUT2D eigenvalue weighted by atomic mass is 16.5. The number of rotatable bonds is 5. The van der Waals surface area contributed by atoms with E-state index < -0.39 is 11.5 Å². The van der Waals surface area contributed by atoms with Crippen LogP contribution in [0.5, 0.6) is 0 Å². The maximum atomic E-state index is 12.8. The van der Waals surface area contributed by atoms with E-state index in [1.165, 1.54) is 22.9 Å². The Hall–Kier alpha value is -3.88. The molecule has 0 aliphatic heterocycles. The van der Waals surface area contributed by atoms with Crippen molar-refractivity contribution in [3.05, 3.63) is 64.1 Å². The molecular weight excluding hydrogens is 390 g/mol. The SMILES string of the molecule is COC(=O)c1cc(CN(C)C(=O)Cn2cnc3c(oc4ccccc43)c2=O)oc1C. The highest BCUT2D eigenvalue weighted by Crippen LogP contribution is 2.24. The van der Waals surface area contributed by atoms with Gasteiger partial charge in [0, 0.05) is 12.4 Å². The van der Waals surface area contributed by atoms with Gasteiger partial charge in [-0.25, -0.2) is 9.78 Å². The first-order valence-corrected chi connectivity index (χ1v) is 9.17. The molecular formula is C21H19N3O6. The van der Waals surface area contributed by atoms with Gasteiger partial charge >= 0.3 is 5.97 Å². The Morgan fingerprint density at radius 3 is 2.77 bits per heavy atom. The van der Waals surface area contributed by atoms with Gasteiger partial charge in [-0.3, -0.25) is 14.2 Å². The number of aryl methyl sites for hydroxylation is 1. The van der Waals surface area contributed by atoms with Crippen molar-refractivity contribution in [3.8, 4) is 0 Å². The average molecular weight is 409 g/mol. The number of fused-ring (bicyclic) bond motifs is 3. The third-order valence-corrected chi connectivity index (χ3v) is 4.85. The van der Waals surface area contributed by atoms with Crippen molar-refractivity contribution in [2.75, 3.05) is 14.2 Å². The molecule has 1 aromatic carbocycles. The van der Waals surface area contributed by atoms with Gasteiger partial charge in [-0.05, 0) is 25.1 Å². The molecule has 0 N–H and O–H groups in total. The number of carbonyl (C=O) groups is 2. The minimum absolute atomic E-state index is 0.110. The van der Waals surface area contributed by atoms with Crippen LogP contribution in [0.25, 0.3) is 22.1 Å². The van der Waals surface area contributed by atoms with Crippen LogP contribution in [0, 0.1) is 6.92 Å². The Kier molecular flexibility index (Phi) is 4.86. The summed E-state index contributed by atoms with van der Waals surface area (Å²) in [6.45, 7) is 1.57. The fourth-order valence-electron chi connectivity index (χ4n) is 3.25. The second-order valence-electron chi connectivity index (χ2n) is 6.88. The maximum Gasteiger partial charge on any atom is 0.341 e. The highest BCUT2D eigenvalue weighted by Gasteiger charge is 2.19. The summed E-state index contributed by atoms with van der Waals surface area (Å²) in [5.41, 5.74) is 1.02. The zero-order valence-electron chi connectivity index (χ0n) is 16.7. The highest BCUT2D eigenvalue weighted by molar-refractivity contribution is 6.01. The van der Waals surface area contributed by atoms with Crippen molar-refractivity contribution in [1.29, 1.82) is 0 Å². The molecule has 0 saturated heterocycles. The van der Waals surface area contributed by atoms with E-state index in [-0.39, 0.29) is 24.6 Å². The Morgan fingerprint density at radius 2 is 2.00 bits per heavy atom. The summed E-state index contributed by atoms with van der Waals surface area (Å²) in [5.74, 6) is 0.00619. The molecule has 3 heterocycles. The van der Waals surface area contributed by atoms with Crippen LogP contribution in [-0.2, 0) is 22.6 Å². The lowest BCUT2D eigenvalue weighted by atomic mass is 10.2. The van der Waals surface area contributed by atoms with Gasteiger partial charge in [0.1, 0.15) is 34.7 Å². The number of aromatic nitrogens is 2. The molecule has 30 heavy (non-hydrogen) atoms. The fourth-order valence-corrected chi connectivity index (χ4v) is 3.25. The lowest BCUT2D eigenvalue weighted by Crippen LogP contribution is -2.33. The van der Waals surface area contributed by atoms with Gasteiger partial charge in [-0.1, -0.05) is 12.1 Å². The molecule has 3 aromatic heterocycles. The monoisotopic (exact) mass is 409 g/mol. The van der Waals surface area contributed by atoms with E-state index in [0.29, 0.717) is 28.2 Å². The molecule has 0 spiro atoms. The first-order chi connectivity index (χ1) is 14.4. The topological polar surface area (TPSA) is 108 Å². The van der Waals surface area contributed by atoms with Crippen molar-refractivity contribution >= 4 is 33.9 Å². The normalized spacial score (nSPS) is 11.2. The number of para-hydroxylation sites is 1. The molecule has 0 aliphatic rings. The summed E-state index contributed by atoms with van der Waals surface area (Å²) in [7, 11) is 2.87. The van der Waals surface area contributed by atoms with Crippen molar-refractivity contribution in [1.82, 2.24) is 14.5 Å². The minimum atomic E-state index is -0.506. The van der Waals surface area contributed by atoms with Crippen LogP contribution in [0.1, 0.15) is 21.9 Å². The lowest BCUT2D eigenvalue weighted by Gasteiger charge is -2.16. The van der Waals surface area contributed by atoms with Crippen LogP contribution >= 0.6 is 0 Å². The molecule has 0 bridgehead atoms. The fraction of sp³-hybridized carbons (Fsp3) is 0.238. The van der Waals surface area contributed by atoms with Crippen molar-refractivity contribution in [2.45, 2.75) is 20.0 Å². The van der Waals surface area contributed by atoms with Gasteiger partial charge in [0.25, 0.3) is 5.56 Å². The van der Waals surface area contributed by atoms with Crippen LogP contribution in [-0.4, -0.2) is 40.5 Å². The molecule has 0 fully saturated rings. The van der Waals surface area contributed by atoms with E-state index in [4.69, 9.17) is 13.6 Å². The largest absolute Gasteiger partial charge is 0.465 e. The van der Waals surface area contributed by atoms with E-state index in [9.17, 15) is 14.4 Å². The number of nitrogens with zero attached hydrogens (tertiary/aromatic N) is 3. The van der Waals surface area contributed by atoms with Crippen LogP contribution in [0.2, 0.25) is 0 Å². The van der Waals surface area contributed by atoms with E-state index in [1.807, 2.05) is 18.2 Å². The molecule has 9 heteroatoms. The number of amides is 1. The number of carbonyl (C=O) groups excluding carboxylic acids is 2. The molecule has 0 aliphatic carbocycles. The third kappa shape index (κ3) is 3.34. The van der Waals surface area contributed by atoms with E-state index in [0.717, 1.165) is 5.39 Å². The van der Waals surface area contributed by atoms with Crippen molar-refractivity contribution < 1.29 is 23.2 Å². The third-order valence-electron chi connectivity index (χ3n) is 4.85. The zero-order chi connectivity index (χ0) is 21.4. The molecule has 0 atom stereocenters. The second-order valence-corrected chi connectivity index (χ2v) is 6.88. The van der Waals surface area contributed by atoms with Gasteiger partial charge in [-0.2, -0.15) is 0 Å². The standard InChI is InChI=1S/C21H19N3O6/c1-12-15(21(27)28-3)8-13(29-12)9-23(2)17(25)10-24-11-22-18-14-6-4-5-7-16(14)30-19(18)20(24)26/h4-8,11H,9-10H2,1-3H3. The van der Waals surface area contributed by atoms with Crippen LogP contribution < -0.4 is 5.56 Å². The number of ether oxygens (including phenoxy) is 1. The summed E-state index contributed by atoms with van der Waals surface area (Å²) in [6.07, 6.45) is 1.34. The average Bonchev–Trinajstić information content (AvgIpc) is 3.30. The van der Waals surface area contributed by atoms with E-state index in [1.54, 1.807) is 26.1 Å². The van der Waals surface area contributed by atoms with Crippen molar-refractivity contribution in [2.24, 2.45) is 0 Å². The Bertz CT molecular complexity index is 1330. The van der Waals surface area contributed by atoms with Crippen LogP contribution in [0.15, 0.2) is 50.3 Å². The molecule has 4 rings (SSSR count). The van der Waals surface area contributed by atoms with Crippen LogP contribution in [0.4, 0.5) is 0 Å². The Morgan fingerprint density at radius 1 is 1.23 bits per heavy atom. The van der Waals surface area contributed by atoms with Gasteiger partial charge < -0.3 is 18.5 Å². The predicted molar refractivity (Wildman–Crippen MR) is 107 cm³/mol.